The van der Waals surface area contributed by atoms with Crippen LogP contribution in [0.3, 0.4) is 0 Å². The van der Waals surface area contributed by atoms with E-state index in [-0.39, 0.29) is 16.2 Å². The summed E-state index contributed by atoms with van der Waals surface area (Å²) in [5, 5.41) is 12.9. The maximum atomic E-state index is 11.5. The molecule has 0 heterocycles. The molecule has 2 aromatic carbocycles. The number of nitrogens with one attached hydrogen (secondary N) is 1. The zero-order valence-corrected chi connectivity index (χ0v) is 17.0. The maximum absolute atomic E-state index is 11.5. The number of unbranched alkanes of at least 4 members (excludes halogenated alkanes) is 1. The minimum absolute atomic E-state index is 0.0129. The standard InChI is InChI=1S/C19H24ClNO5S/c1-4-5-8-21-15-10-13(19(22)23)11-17(27(3,24)25)18(15)26-16-9-12(2)6-7-14(16)20/h6-7,9-11,21,24-25H,4-5,8H2,1-3H3,(H,22,23). The molecular weight excluding hydrogens is 390 g/mol. The van der Waals surface area contributed by atoms with Crippen molar-refractivity contribution in [1.29, 1.82) is 0 Å². The number of anilines is 1. The van der Waals surface area contributed by atoms with Crippen molar-refractivity contribution in [1.82, 2.24) is 0 Å². The lowest BCUT2D eigenvalue weighted by molar-refractivity contribution is 0.0696. The first kappa shape index (κ1) is 21.4. The third kappa shape index (κ3) is 5.52. The van der Waals surface area contributed by atoms with Crippen LogP contribution in [-0.4, -0.2) is 33.0 Å². The van der Waals surface area contributed by atoms with E-state index >= 15 is 0 Å². The van der Waals surface area contributed by atoms with Crippen LogP contribution in [0.5, 0.6) is 11.5 Å². The van der Waals surface area contributed by atoms with E-state index in [1.54, 1.807) is 12.1 Å². The van der Waals surface area contributed by atoms with E-state index in [0.29, 0.717) is 23.0 Å². The highest BCUT2D eigenvalue weighted by molar-refractivity contribution is 8.23. The van der Waals surface area contributed by atoms with E-state index in [4.69, 9.17) is 16.3 Å². The summed E-state index contributed by atoms with van der Waals surface area (Å²) in [4.78, 5) is 11.5. The fourth-order valence-corrected chi connectivity index (χ4v) is 3.46. The SMILES string of the molecule is CCCCNc1cc(C(=O)O)cc(S(C)(O)O)c1Oc1cc(C)ccc1Cl. The lowest BCUT2D eigenvalue weighted by Crippen LogP contribution is -2.09. The molecule has 27 heavy (non-hydrogen) atoms. The van der Waals surface area contributed by atoms with Gasteiger partial charge in [0.05, 0.1) is 16.3 Å². The van der Waals surface area contributed by atoms with Crippen LogP contribution in [0.1, 0.15) is 35.7 Å². The Bertz CT molecular complexity index is 836. The Morgan fingerprint density at radius 2 is 1.96 bits per heavy atom. The van der Waals surface area contributed by atoms with Gasteiger partial charge in [-0.25, -0.2) is 4.79 Å². The van der Waals surface area contributed by atoms with E-state index in [0.717, 1.165) is 18.4 Å². The Labute approximate surface area is 165 Å². The summed E-state index contributed by atoms with van der Waals surface area (Å²) in [6.45, 7) is 4.50. The summed E-state index contributed by atoms with van der Waals surface area (Å²) in [5.74, 6) is -0.659. The van der Waals surface area contributed by atoms with Gasteiger partial charge in [-0.15, -0.1) is 0 Å². The highest BCUT2D eigenvalue weighted by atomic mass is 35.5. The van der Waals surface area contributed by atoms with Crippen molar-refractivity contribution in [3.05, 3.63) is 46.5 Å². The van der Waals surface area contributed by atoms with Crippen LogP contribution < -0.4 is 10.1 Å². The number of rotatable bonds is 8. The molecular formula is C19H24ClNO5S. The van der Waals surface area contributed by atoms with Crippen LogP contribution in [0.15, 0.2) is 35.2 Å². The summed E-state index contributed by atoms with van der Waals surface area (Å²) in [6.07, 6.45) is 3.04. The van der Waals surface area contributed by atoms with E-state index in [9.17, 15) is 19.0 Å². The predicted octanol–water partition coefficient (Wildman–Crippen LogP) is 6.09. The first-order valence-corrected chi connectivity index (χ1v) is 10.8. The van der Waals surface area contributed by atoms with Crippen molar-refractivity contribution < 1.29 is 23.7 Å². The topological polar surface area (TPSA) is 99.0 Å². The molecule has 0 spiro atoms. The largest absolute Gasteiger partial charge is 0.478 e. The highest BCUT2D eigenvalue weighted by Crippen LogP contribution is 2.53. The summed E-state index contributed by atoms with van der Waals surface area (Å²) < 4.78 is 26.5. The Morgan fingerprint density at radius 1 is 1.26 bits per heavy atom. The van der Waals surface area contributed by atoms with Crippen molar-refractivity contribution in [2.45, 2.75) is 31.6 Å². The number of aromatic carboxylic acids is 1. The number of aryl methyl sites for hydroxylation is 1. The molecule has 0 atom stereocenters. The summed E-state index contributed by atoms with van der Waals surface area (Å²) >= 11 is 6.22. The van der Waals surface area contributed by atoms with Gasteiger partial charge in [0.15, 0.2) is 5.75 Å². The Morgan fingerprint density at radius 3 is 2.56 bits per heavy atom. The molecule has 0 amide bonds. The second-order valence-corrected chi connectivity index (χ2v) is 8.82. The zero-order chi connectivity index (χ0) is 20.2. The lowest BCUT2D eigenvalue weighted by atomic mass is 10.1. The monoisotopic (exact) mass is 413 g/mol. The molecule has 0 aliphatic rings. The number of ether oxygens (including phenoxy) is 1. The summed E-state index contributed by atoms with van der Waals surface area (Å²) in [5.41, 5.74) is 1.23. The molecule has 2 aromatic rings. The molecule has 0 aromatic heterocycles. The Kier molecular flexibility index (Phi) is 7.00. The summed E-state index contributed by atoms with van der Waals surface area (Å²) in [7, 11) is -3.26. The number of halogens is 1. The van der Waals surface area contributed by atoms with Crippen molar-refractivity contribution in [2.75, 3.05) is 18.1 Å². The molecule has 0 radical (unpaired) electrons. The van der Waals surface area contributed by atoms with Gasteiger partial charge in [-0.05, 0) is 43.2 Å². The number of benzene rings is 2. The van der Waals surface area contributed by atoms with Crippen molar-refractivity contribution in [3.63, 3.8) is 0 Å². The zero-order valence-electron chi connectivity index (χ0n) is 15.5. The van der Waals surface area contributed by atoms with Crippen LogP contribution in [-0.2, 0) is 0 Å². The van der Waals surface area contributed by atoms with Crippen molar-refractivity contribution in [2.24, 2.45) is 0 Å². The van der Waals surface area contributed by atoms with Gasteiger partial charge in [-0.3, -0.25) is 9.11 Å². The number of carboxylic acids is 1. The average Bonchev–Trinajstić information content (AvgIpc) is 2.58. The average molecular weight is 414 g/mol. The van der Waals surface area contributed by atoms with Crippen LogP contribution in [0.2, 0.25) is 5.02 Å². The van der Waals surface area contributed by atoms with Crippen LogP contribution >= 0.6 is 22.2 Å². The van der Waals surface area contributed by atoms with Gasteiger partial charge in [0.25, 0.3) is 0 Å². The third-order valence-corrected chi connectivity index (χ3v) is 5.31. The van der Waals surface area contributed by atoms with Gasteiger partial charge < -0.3 is 15.2 Å². The molecule has 6 nitrogen and oxygen atoms in total. The van der Waals surface area contributed by atoms with Gasteiger partial charge >= 0.3 is 5.97 Å². The number of hydrogen-bond donors (Lipinski definition) is 4. The van der Waals surface area contributed by atoms with Gasteiger partial charge in [0.2, 0.25) is 0 Å². The second kappa shape index (κ2) is 8.84. The van der Waals surface area contributed by atoms with E-state index in [2.05, 4.69) is 5.32 Å². The predicted molar refractivity (Wildman–Crippen MR) is 110 cm³/mol. The Balaban J connectivity index is 2.62. The van der Waals surface area contributed by atoms with Crippen LogP contribution in [0.25, 0.3) is 0 Å². The lowest BCUT2D eigenvalue weighted by Gasteiger charge is -2.30. The quantitative estimate of drug-likeness (QED) is 0.391. The molecule has 0 aliphatic heterocycles. The molecule has 2 rings (SSSR count). The molecule has 148 valence electrons. The number of carboxylic acid groups (broad SMARTS) is 1. The molecule has 0 aliphatic carbocycles. The Hall–Kier alpha value is -1.93. The normalized spacial score (nSPS) is 11.9. The minimum atomic E-state index is -3.26. The third-order valence-electron chi connectivity index (χ3n) is 3.86. The van der Waals surface area contributed by atoms with Crippen molar-refractivity contribution in [3.8, 4) is 11.5 Å². The maximum Gasteiger partial charge on any atom is 0.335 e. The minimum Gasteiger partial charge on any atom is -0.478 e. The van der Waals surface area contributed by atoms with E-state index in [1.807, 2.05) is 19.9 Å². The molecule has 0 fully saturated rings. The van der Waals surface area contributed by atoms with Crippen LogP contribution in [0, 0.1) is 6.92 Å². The summed E-state index contributed by atoms with van der Waals surface area (Å²) in [6, 6.07) is 7.89. The molecule has 0 saturated carbocycles. The van der Waals surface area contributed by atoms with Gasteiger partial charge in [0.1, 0.15) is 10.6 Å². The highest BCUT2D eigenvalue weighted by Gasteiger charge is 2.24. The first-order valence-electron chi connectivity index (χ1n) is 8.46. The molecule has 0 bridgehead atoms. The first-order chi connectivity index (χ1) is 12.6. The molecule has 0 unspecified atom stereocenters. The molecule has 8 heteroatoms. The fourth-order valence-electron chi connectivity index (χ4n) is 2.45. The van der Waals surface area contributed by atoms with E-state index < -0.39 is 16.6 Å². The van der Waals surface area contributed by atoms with Gasteiger partial charge in [-0.1, -0.05) is 31.0 Å². The van der Waals surface area contributed by atoms with E-state index in [1.165, 1.54) is 18.4 Å². The smallest absolute Gasteiger partial charge is 0.335 e. The molecule has 4 N–H and O–H groups in total. The van der Waals surface area contributed by atoms with Gasteiger partial charge in [-0.2, -0.15) is 10.6 Å². The second-order valence-electron chi connectivity index (χ2n) is 6.31. The number of carbonyl (C=O) groups is 1. The van der Waals surface area contributed by atoms with Crippen molar-refractivity contribution >= 4 is 33.8 Å². The fraction of sp³-hybridized carbons (Fsp3) is 0.316. The number of hydrogen-bond acceptors (Lipinski definition) is 5. The van der Waals surface area contributed by atoms with Gasteiger partial charge in [0, 0.05) is 12.8 Å². The van der Waals surface area contributed by atoms with Crippen LogP contribution in [0.4, 0.5) is 5.69 Å². The molecule has 0 saturated heterocycles.